The summed E-state index contributed by atoms with van der Waals surface area (Å²) < 4.78 is 33.0. The normalized spacial score (nSPS) is 14.7. The highest BCUT2D eigenvalue weighted by Crippen LogP contribution is 2.38. The third-order valence-electron chi connectivity index (χ3n) is 6.88. The van der Waals surface area contributed by atoms with Crippen molar-refractivity contribution in [3.05, 3.63) is 125 Å². The van der Waals surface area contributed by atoms with Crippen molar-refractivity contribution >= 4 is 39.3 Å². The number of allylic oxidation sites excluding steroid dienone is 1. The van der Waals surface area contributed by atoms with Crippen molar-refractivity contribution in [2.45, 2.75) is 39.3 Å². The maximum atomic E-state index is 14.0. The maximum absolute atomic E-state index is 14.0. The smallest absolute Gasteiger partial charge is 0.338 e. The minimum Gasteiger partial charge on any atom is -0.496 e. The number of hydrogen-bond acceptors (Lipinski definition) is 7. The van der Waals surface area contributed by atoms with Crippen LogP contribution in [0.4, 0.5) is 4.39 Å². The number of ether oxygens (including phenoxy) is 3. The van der Waals surface area contributed by atoms with Gasteiger partial charge in [-0.3, -0.25) is 9.36 Å². The van der Waals surface area contributed by atoms with Gasteiger partial charge in [-0.2, -0.15) is 0 Å². The fraction of sp³-hybridized carbons (Fsp3) is 0.242. The summed E-state index contributed by atoms with van der Waals surface area (Å²) in [5, 5.41) is 0. The summed E-state index contributed by atoms with van der Waals surface area (Å²) in [7, 11) is 1.56. The number of methoxy groups -OCH3 is 1. The zero-order valence-electron chi connectivity index (χ0n) is 23.9. The lowest BCUT2D eigenvalue weighted by Crippen LogP contribution is -2.40. The molecular formula is C33H30BrFN2O5S. The third-order valence-corrected chi connectivity index (χ3v) is 8.35. The molecule has 1 aliphatic heterocycles. The molecule has 43 heavy (non-hydrogen) atoms. The predicted octanol–water partition coefficient (Wildman–Crippen LogP) is 6.07. The number of halogens is 2. The molecule has 0 aliphatic carbocycles. The van der Waals surface area contributed by atoms with Crippen LogP contribution in [-0.2, 0) is 16.1 Å². The number of carbonyl (C=O) groups excluding carboxylic acids is 1. The molecule has 0 fully saturated rings. The summed E-state index contributed by atoms with van der Waals surface area (Å²) >= 11 is 4.81. The molecule has 0 spiro atoms. The van der Waals surface area contributed by atoms with Gasteiger partial charge in [-0.25, -0.2) is 14.2 Å². The van der Waals surface area contributed by atoms with Crippen molar-refractivity contribution in [1.82, 2.24) is 4.57 Å². The van der Waals surface area contributed by atoms with E-state index in [2.05, 4.69) is 15.9 Å². The molecular weight excluding hydrogens is 635 g/mol. The van der Waals surface area contributed by atoms with Crippen LogP contribution >= 0.6 is 27.3 Å². The van der Waals surface area contributed by atoms with Crippen LogP contribution in [-0.4, -0.2) is 24.3 Å². The van der Waals surface area contributed by atoms with Gasteiger partial charge in [0, 0.05) is 10.0 Å². The Bertz CT molecular complexity index is 1850. The van der Waals surface area contributed by atoms with E-state index in [1.54, 1.807) is 42.9 Å². The molecule has 1 aromatic heterocycles. The Morgan fingerprint density at radius 1 is 1.09 bits per heavy atom. The molecule has 0 N–H and O–H groups in total. The van der Waals surface area contributed by atoms with Gasteiger partial charge in [-0.1, -0.05) is 64.9 Å². The van der Waals surface area contributed by atoms with Crippen LogP contribution in [0.5, 0.6) is 11.5 Å². The standard InChI is InChI=1S/C33H30BrFN2O5S/c1-4-6-26-29(32(39)41-5-2)30(25-18-22(34)11-16-27(25)40-3)37-31(38)28(43-33(37)36-26)17-20-9-14-24(15-10-20)42-19-21-7-12-23(35)13-8-21/h7-18,30H,4-6,19H2,1-3H3/b28-17+/t30-/m0/s1. The molecule has 10 heteroatoms. The van der Waals surface area contributed by atoms with Crippen molar-refractivity contribution in [3.63, 3.8) is 0 Å². The number of rotatable bonds is 10. The third kappa shape index (κ3) is 6.65. The van der Waals surface area contributed by atoms with Crippen LogP contribution in [0.2, 0.25) is 0 Å². The van der Waals surface area contributed by atoms with E-state index in [4.69, 9.17) is 19.2 Å². The highest BCUT2D eigenvalue weighted by molar-refractivity contribution is 9.10. The van der Waals surface area contributed by atoms with Crippen molar-refractivity contribution in [2.75, 3.05) is 13.7 Å². The number of benzene rings is 3. The lowest BCUT2D eigenvalue weighted by Gasteiger charge is -2.27. The first-order chi connectivity index (χ1) is 20.8. The number of carbonyl (C=O) groups is 1. The van der Waals surface area contributed by atoms with E-state index in [9.17, 15) is 14.0 Å². The monoisotopic (exact) mass is 664 g/mol. The summed E-state index contributed by atoms with van der Waals surface area (Å²) in [4.78, 5) is 32.8. The van der Waals surface area contributed by atoms with Gasteiger partial charge in [-0.15, -0.1) is 0 Å². The Balaban J connectivity index is 1.57. The second-order valence-electron chi connectivity index (χ2n) is 9.78. The SMILES string of the molecule is CCCC1=C(C(=O)OCC)[C@H](c2cc(Br)ccc2OC)n2c(s/c(=C/c3ccc(OCc4ccc(F)cc4)cc3)c2=O)=N1. The molecule has 7 nitrogen and oxygen atoms in total. The van der Waals surface area contributed by atoms with Gasteiger partial charge in [0.25, 0.3) is 5.56 Å². The molecule has 0 unspecified atom stereocenters. The Labute approximate surface area is 260 Å². The van der Waals surface area contributed by atoms with Crippen LogP contribution in [0.3, 0.4) is 0 Å². The Morgan fingerprint density at radius 2 is 1.84 bits per heavy atom. The lowest BCUT2D eigenvalue weighted by molar-refractivity contribution is -0.139. The van der Waals surface area contributed by atoms with Crippen molar-refractivity contribution in [1.29, 1.82) is 0 Å². The zero-order chi connectivity index (χ0) is 30.5. The van der Waals surface area contributed by atoms with Crippen LogP contribution in [0, 0.1) is 5.82 Å². The molecule has 3 aromatic carbocycles. The molecule has 0 radical (unpaired) electrons. The van der Waals surface area contributed by atoms with E-state index in [1.807, 2.05) is 43.3 Å². The predicted molar refractivity (Wildman–Crippen MR) is 168 cm³/mol. The van der Waals surface area contributed by atoms with E-state index >= 15 is 0 Å². The second kappa shape index (κ2) is 13.5. The van der Waals surface area contributed by atoms with Gasteiger partial charge >= 0.3 is 5.97 Å². The minimum absolute atomic E-state index is 0.193. The van der Waals surface area contributed by atoms with Crippen molar-refractivity contribution in [2.24, 2.45) is 4.99 Å². The highest BCUT2D eigenvalue weighted by Gasteiger charge is 2.36. The summed E-state index contributed by atoms with van der Waals surface area (Å²) in [6.07, 6.45) is 3.11. The summed E-state index contributed by atoms with van der Waals surface area (Å²) in [5.41, 5.74) is 2.97. The van der Waals surface area contributed by atoms with Gasteiger partial charge in [-0.05, 0) is 73.0 Å². The molecule has 2 heterocycles. The largest absolute Gasteiger partial charge is 0.496 e. The molecule has 0 saturated carbocycles. The van der Waals surface area contributed by atoms with Crippen LogP contribution in [0.25, 0.3) is 6.08 Å². The molecule has 1 atom stereocenters. The van der Waals surface area contributed by atoms with Crippen molar-refractivity contribution < 1.29 is 23.4 Å². The van der Waals surface area contributed by atoms with E-state index in [0.29, 0.717) is 50.7 Å². The van der Waals surface area contributed by atoms with Crippen LogP contribution < -0.4 is 24.4 Å². The van der Waals surface area contributed by atoms with Gasteiger partial charge in [0.1, 0.15) is 30.0 Å². The summed E-state index contributed by atoms with van der Waals surface area (Å²) in [6.45, 7) is 4.27. The molecule has 0 bridgehead atoms. The quantitative estimate of drug-likeness (QED) is 0.192. The number of fused-ring (bicyclic) bond motifs is 1. The molecule has 4 aromatic rings. The maximum Gasteiger partial charge on any atom is 0.338 e. The van der Waals surface area contributed by atoms with Crippen LogP contribution in [0.1, 0.15) is 49.4 Å². The zero-order valence-corrected chi connectivity index (χ0v) is 26.3. The van der Waals surface area contributed by atoms with Gasteiger partial charge in [0.15, 0.2) is 4.80 Å². The number of hydrogen-bond donors (Lipinski definition) is 0. The van der Waals surface area contributed by atoms with Gasteiger partial charge < -0.3 is 14.2 Å². The first-order valence-corrected chi connectivity index (χ1v) is 15.5. The van der Waals surface area contributed by atoms with Crippen LogP contribution in [0.15, 0.2) is 92.3 Å². The topological polar surface area (TPSA) is 79.1 Å². The minimum atomic E-state index is -0.784. The molecule has 222 valence electrons. The molecule has 0 saturated heterocycles. The highest BCUT2D eigenvalue weighted by atomic mass is 79.9. The van der Waals surface area contributed by atoms with E-state index in [-0.39, 0.29) is 18.0 Å². The van der Waals surface area contributed by atoms with E-state index < -0.39 is 12.0 Å². The number of aromatic nitrogens is 1. The average molecular weight is 666 g/mol. The number of esters is 1. The van der Waals surface area contributed by atoms with Gasteiger partial charge in [0.05, 0.1) is 29.5 Å². The van der Waals surface area contributed by atoms with Crippen molar-refractivity contribution in [3.8, 4) is 11.5 Å². The first-order valence-electron chi connectivity index (χ1n) is 13.9. The first kappa shape index (κ1) is 30.4. The Kier molecular flexibility index (Phi) is 9.57. The van der Waals surface area contributed by atoms with E-state index in [0.717, 1.165) is 22.0 Å². The summed E-state index contributed by atoms with van der Waals surface area (Å²) in [6, 6.07) is 18.2. The molecule has 1 aliphatic rings. The fourth-order valence-electron chi connectivity index (χ4n) is 4.89. The van der Waals surface area contributed by atoms with E-state index in [1.165, 1.54) is 23.5 Å². The van der Waals surface area contributed by atoms with Gasteiger partial charge in [0.2, 0.25) is 0 Å². The number of thiazole rings is 1. The summed E-state index contributed by atoms with van der Waals surface area (Å²) in [5.74, 6) is 0.387. The lowest BCUT2D eigenvalue weighted by atomic mass is 9.93. The second-order valence-corrected chi connectivity index (χ2v) is 11.7. The average Bonchev–Trinajstić information content (AvgIpc) is 3.31. The molecule has 0 amide bonds. The Morgan fingerprint density at radius 3 is 2.51 bits per heavy atom. The molecule has 5 rings (SSSR count). The fourth-order valence-corrected chi connectivity index (χ4v) is 6.29. The number of nitrogens with zero attached hydrogens (tertiary/aromatic N) is 2. The Hall–Kier alpha value is -4.02.